The van der Waals surface area contributed by atoms with Crippen molar-refractivity contribution in [1.82, 2.24) is 9.88 Å². The van der Waals surface area contributed by atoms with Gasteiger partial charge < -0.3 is 10.0 Å². The Hall–Kier alpha value is -2.69. The summed E-state index contributed by atoms with van der Waals surface area (Å²) in [6.07, 6.45) is 3.06. The number of amides is 1. The van der Waals surface area contributed by atoms with E-state index in [0.29, 0.717) is 12.1 Å². The zero-order valence-electron chi connectivity index (χ0n) is 12.9. The van der Waals surface area contributed by atoms with E-state index in [1.807, 2.05) is 23.1 Å². The van der Waals surface area contributed by atoms with Crippen molar-refractivity contribution in [2.24, 2.45) is 0 Å². The molecule has 0 saturated heterocycles. The summed E-state index contributed by atoms with van der Waals surface area (Å²) < 4.78 is 0. The third kappa shape index (κ3) is 2.95. The van der Waals surface area contributed by atoms with Crippen molar-refractivity contribution in [2.45, 2.75) is 32.4 Å². The highest BCUT2D eigenvalue weighted by atomic mass is 16.4. The van der Waals surface area contributed by atoms with Gasteiger partial charge in [0.25, 0.3) is 5.91 Å². The highest BCUT2D eigenvalue weighted by Gasteiger charge is 2.29. The third-order valence-corrected chi connectivity index (χ3v) is 4.31. The lowest BCUT2D eigenvalue weighted by atomic mass is 9.92. The number of carbonyl (C=O) groups is 2. The molecule has 5 heteroatoms. The van der Waals surface area contributed by atoms with Gasteiger partial charge >= 0.3 is 5.97 Å². The van der Waals surface area contributed by atoms with Crippen LogP contribution in [-0.4, -0.2) is 32.9 Å². The fourth-order valence-electron chi connectivity index (χ4n) is 3.04. The van der Waals surface area contributed by atoms with E-state index in [2.05, 4.69) is 18.0 Å². The quantitative estimate of drug-likeness (QED) is 0.946. The number of fused-ring (bicyclic) bond motifs is 1. The summed E-state index contributed by atoms with van der Waals surface area (Å²) in [6, 6.07) is 11.2. The number of hydrogen-bond acceptors (Lipinski definition) is 3. The Morgan fingerprint density at radius 2 is 2.00 bits per heavy atom. The van der Waals surface area contributed by atoms with Crippen LogP contribution in [0.25, 0.3) is 0 Å². The number of nitrogens with zero attached hydrogens (tertiary/aromatic N) is 2. The molecule has 0 bridgehead atoms. The molecule has 0 fully saturated rings. The van der Waals surface area contributed by atoms with Crippen molar-refractivity contribution in [1.29, 1.82) is 0 Å². The smallest absolute Gasteiger partial charge is 0.354 e. The van der Waals surface area contributed by atoms with Crippen LogP contribution in [0, 0.1) is 0 Å². The number of carboxylic acids is 1. The molecule has 3 rings (SSSR count). The average Bonchev–Trinajstić information content (AvgIpc) is 2.60. The number of benzene rings is 1. The second-order valence-corrected chi connectivity index (χ2v) is 5.70. The minimum absolute atomic E-state index is 0.110. The van der Waals surface area contributed by atoms with Gasteiger partial charge in [-0.3, -0.25) is 4.79 Å². The van der Waals surface area contributed by atoms with Gasteiger partial charge in [-0.1, -0.05) is 31.2 Å². The molecule has 2 heterocycles. The Balaban J connectivity index is 1.92. The van der Waals surface area contributed by atoms with E-state index in [0.717, 1.165) is 18.4 Å². The van der Waals surface area contributed by atoms with Crippen molar-refractivity contribution >= 4 is 11.9 Å². The molecular formula is C18H18N2O3. The highest BCUT2D eigenvalue weighted by molar-refractivity contribution is 5.97. The van der Waals surface area contributed by atoms with Crippen molar-refractivity contribution < 1.29 is 14.7 Å². The molecule has 0 spiro atoms. The Morgan fingerprint density at radius 1 is 1.26 bits per heavy atom. The van der Waals surface area contributed by atoms with E-state index in [1.165, 1.54) is 17.8 Å². The molecule has 1 atom stereocenters. The van der Waals surface area contributed by atoms with Gasteiger partial charge in [-0.05, 0) is 36.1 Å². The van der Waals surface area contributed by atoms with Crippen molar-refractivity contribution in [3.05, 3.63) is 65.0 Å². The van der Waals surface area contributed by atoms with Gasteiger partial charge in [0.1, 0.15) is 5.69 Å². The molecular weight excluding hydrogens is 292 g/mol. The lowest BCUT2D eigenvalue weighted by molar-refractivity contribution is 0.0634. The van der Waals surface area contributed by atoms with Crippen LogP contribution in [0.3, 0.4) is 0 Å². The molecule has 1 aliphatic rings. The van der Waals surface area contributed by atoms with E-state index in [4.69, 9.17) is 5.11 Å². The van der Waals surface area contributed by atoms with Gasteiger partial charge in [0.2, 0.25) is 0 Å². The van der Waals surface area contributed by atoms with Gasteiger partial charge in [-0.2, -0.15) is 0 Å². The van der Waals surface area contributed by atoms with Crippen LogP contribution in [0.5, 0.6) is 0 Å². The van der Waals surface area contributed by atoms with E-state index < -0.39 is 5.97 Å². The van der Waals surface area contributed by atoms with Crippen LogP contribution in [0.15, 0.2) is 42.6 Å². The first-order valence-electron chi connectivity index (χ1n) is 7.67. The summed E-state index contributed by atoms with van der Waals surface area (Å²) in [5.41, 5.74) is 2.69. The second kappa shape index (κ2) is 6.20. The van der Waals surface area contributed by atoms with Crippen LogP contribution in [0.2, 0.25) is 0 Å². The summed E-state index contributed by atoms with van der Waals surface area (Å²) in [6.45, 7) is 2.62. The predicted molar refractivity (Wildman–Crippen MR) is 85.3 cm³/mol. The molecule has 1 unspecified atom stereocenters. The molecule has 0 aliphatic carbocycles. The van der Waals surface area contributed by atoms with Gasteiger partial charge in [-0.15, -0.1) is 0 Å². The lowest BCUT2D eigenvalue weighted by Gasteiger charge is -2.36. The van der Waals surface area contributed by atoms with E-state index >= 15 is 0 Å². The van der Waals surface area contributed by atoms with Crippen molar-refractivity contribution in [3.8, 4) is 0 Å². The minimum Gasteiger partial charge on any atom is -0.477 e. The van der Waals surface area contributed by atoms with Crippen molar-refractivity contribution in [2.75, 3.05) is 0 Å². The number of rotatable bonds is 3. The molecule has 1 amide bonds. The highest BCUT2D eigenvalue weighted by Crippen LogP contribution is 2.26. The van der Waals surface area contributed by atoms with Gasteiger partial charge in [0.05, 0.1) is 0 Å². The van der Waals surface area contributed by atoms with Crippen LogP contribution in [0.4, 0.5) is 0 Å². The maximum atomic E-state index is 12.9. The molecule has 2 aromatic rings. The number of carboxylic acid groups (broad SMARTS) is 1. The van der Waals surface area contributed by atoms with Gasteiger partial charge in [0, 0.05) is 24.3 Å². The topological polar surface area (TPSA) is 70.5 Å². The van der Waals surface area contributed by atoms with E-state index in [9.17, 15) is 9.59 Å². The molecule has 1 aromatic heterocycles. The summed E-state index contributed by atoms with van der Waals surface area (Å²) in [5.74, 6) is -1.27. The number of carbonyl (C=O) groups excluding carboxylic acids is 1. The Morgan fingerprint density at radius 3 is 2.70 bits per heavy atom. The lowest BCUT2D eigenvalue weighted by Crippen LogP contribution is -2.44. The van der Waals surface area contributed by atoms with Crippen LogP contribution in [0.1, 0.15) is 45.3 Å². The summed E-state index contributed by atoms with van der Waals surface area (Å²) >= 11 is 0. The number of aromatic nitrogens is 1. The zero-order chi connectivity index (χ0) is 16.4. The maximum Gasteiger partial charge on any atom is 0.354 e. The summed E-state index contributed by atoms with van der Waals surface area (Å²) in [5, 5.41) is 9.04. The SMILES string of the molecule is CCC1Cc2ccccc2CN1C(=O)c1ccnc(C(=O)O)c1. The van der Waals surface area contributed by atoms with Crippen LogP contribution >= 0.6 is 0 Å². The first-order chi connectivity index (χ1) is 11.1. The van der Waals surface area contributed by atoms with Crippen LogP contribution in [-0.2, 0) is 13.0 Å². The standard InChI is InChI=1S/C18H18N2O3/c1-2-15-9-12-5-3-4-6-14(12)11-20(15)17(21)13-7-8-19-16(10-13)18(22)23/h3-8,10,15H,2,9,11H2,1H3,(H,22,23). The zero-order valence-corrected chi connectivity index (χ0v) is 12.9. The third-order valence-electron chi connectivity index (χ3n) is 4.31. The van der Waals surface area contributed by atoms with Crippen LogP contribution < -0.4 is 0 Å². The fourth-order valence-corrected chi connectivity index (χ4v) is 3.04. The molecule has 0 radical (unpaired) electrons. The second-order valence-electron chi connectivity index (χ2n) is 5.70. The monoisotopic (exact) mass is 310 g/mol. The first-order valence-corrected chi connectivity index (χ1v) is 7.67. The Labute approximate surface area is 134 Å². The number of hydrogen-bond donors (Lipinski definition) is 1. The summed E-state index contributed by atoms with van der Waals surface area (Å²) in [4.78, 5) is 29.5. The Kier molecular flexibility index (Phi) is 4.10. The Bertz CT molecular complexity index is 757. The number of aromatic carboxylic acids is 1. The summed E-state index contributed by atoms with van der Waals surface area (Å²) in [7, 11) is 0. The normalized spacial score (nSPS) is 16.7. The molecule has 5 nitrogen and oxygen atoms in total. The maximum absolute atomic E-state index is 12.9. The minimum atomic E-state index is -1.13. The molecule has 23 heavy (non-hydrogen) atoms. The van der Waals surface area contributed by atoms with Crippen molar-refractivity contribution in [3.63, 3.8) is 0 Å². The molecule has 1 N–H and O–H groups in total. The number of pyridine rings is 1. The van der Waals surface area contributed by atoms with E-state index in [1.54, 1.807) is 6.07 Å². The molecule has 0 saturated carbocycles. The molecule has 1 aliphatic heterocycles. The predicted octanol–water partition coefficient (Wildman–Crippen LogP) is 2.76. The average molecular weight is 310 g/mol. The van der Waals surface area contributed by atoms with Gasteiger partial charge in [0.15, 0.2) is 0 Å². The molecule has 118 valence electrons. The van der Waals surface area contributed by atoms with E-state index in [-0.39, 0.29) is 17.6 Å². The fraction of sp³-hybridized carbons (Fsp3) is 0.278. The molecule has 1 aromatic carbocycles. The largest absolute Gasteiger partial charge is 0.477 e. The first kappa shape index (κ1) is 15.2. The van der Waals surface area contributed by atoms with Gasteiger partial charge in [-0.25, -0.2) is 9.78 Å².